The Hall–Kier alpha value is -2.44. The predicted octanol–water partition coefficient (Wildman–Crippen LogP) is 1.42. The van der Waals surface area contributed by atoms with Crippen LogP contribution in [0.2, 0.25) is 0 Å². The van der Waals surface area contributed by atoms with E-state index in [0.29, 0.717) is 11.4 Å². The number of aromatic carboxylic acids is 1. The van der Waals surface area contributed by atoms with Crippen molar-refractivity contribution in [3.05, 3.63) is 35.4 Å². The second-order valence-electron chi connectivity index (χ2n) is 3.56. The molecule has 1 N–H and O–H groups in total. The molecule has 7 heteroatoms. The molecule has 94 valence electrons. The molecule has 0 unspecified atom stereocenters. The van der Waals surface area contributed by atoms with Gasteiger partial charge < -0.3 is 9.84 Å². The van der Waals surface area contributed by atoms with E-state index in [9.17, 15) is 9.18 Å². The SMILES string of the molecule is COc1ccc(-n2nnc(C(=O)O)c2C)cc1F. The van der Waals surface area contributed by atoms with E-state index in [1.54, 1.807) is 13.0 Å². The average molecular weight is 251 g/mol. The second kappa shape index (κ2) is 4.44. The fraction of sp³-hybridized carbons (Fsp3) is 0.182. The van der Waals surface area contributed by atoms with Crippen molar-refractivity contribution in [1.82, 2.24) is 15.0 Å². The summed E-state index contributed by atoms with van der Waals surface area (Å²) in [6.07, 6.45) is 0. The van der Waals surface area contributed by atoms with Crippen LogP contribution in [0.4, 0.5) is 4.39 Å². The van der Waals surface area contributed by atoms with Gasteiger partial charge in [0.05, 0.1) is 18.5 Å². The van der Waals surface area contributed by atoms with E-state index in [-0.39, 0.29) is 11.4 Å². The number of carbonyl (C=O) groups is 1. The number of methoxy groups -OCH3 is 1. The zero-order chi connectivity index (χ0) is 13.3. The van der Waals surface area contributed by atoms with Gasteiger partial charge in [-0.1, -0.05) is 5.21 Å². The summed E-state index contributed by atoms with van der Waals surface area (Å²) in [6, 6.07) is 4.20. The lowest BCUT2D eigenvalue weighted by molar-refractivity contribution is 0.0689. The van der Waals surface area contributed by atoms with Crippen molar-refractivity contribution < 1.29 is 19.0 Å². The van der Waals surface area contributed by atoms with Gasteiger partial charge in [-0.3, -0.25) is 0 Å². The van der Waals surface area contributed by atoms with Crippen molar-refractivity contribution in [3.63, 3.8) is 0 Å². The van der Waals surface area contributed by atoms with Gasteiger partial charge in [0.2, 0.25) is 0 Å². The molecule has 2 rings (SSSR count). The summed E-state index contributed by atoms with van der Waals surface area (Å²) in [7, 11) is 1.36. The average Bonchev–Trinajstić information content (AvgIpc) is 2.71. The number of halogens is 1. The largest absolute Gasteiger partial charge is 0.494 e. The first-order valence-electron chi connectivity index (χ1n) is 5.04. The molecule has 0 aliphatic heterocycles. The molecule has 1 heterocycles. The first-order valence-corrected chi connectivity index (χ1v) is 5.04. The lowest BCUT2D eigenvalue weighted by Crippen LogP contribution is -2.03. The van der Waals surface area contributed by atoms with Gasteiger partial charge in [-0.25, -0.2) is 13.9 Å². The molecule has 0 radical (unpaired) electrons. The first-order chi connectivity index (χ1) is 8.54. The highest BCUT2D eigenvalue weighted by atomic mass is 19.1. The second-order valence-corrected chi connectivity index (χ2v) is 3.56. The van der Waals surface area contributed by atoms with Gasteiger partial charge in [0.1, 0.15) is 0 Å². The van der Waals surface area contributed by atoms with E-state index in [2.05, 4.69) is 10.3 Å². The van der Waals surface area contributed by atoms with Crippen LogP contribution in [0.25, 0.3) is 5.69 Å². The molecule has 1 aromatic carbocycles. The normalized spacial score (nSPS) is 10.4. The summed E-state index contributed by atoms with van der Waals surface area (Å²) in [5.41, 5.74) is 0.545. The molecule has 0 spiro atoms. The molecular weight excluding hydrogens is 241 g/mol. The molecule has 0 aliphatic rings. The number of carboxylic acid groups (broad SMARTS) is 1. The maximum Gasteiger partial charge on any atom is 0.358 e. The Morgan fingerprint density at radius 2 is 2.22 bits per heavy atom. The number of hydrogen-bond acceptors (Lipinski definition) is 4. The Morgan fingerprint density at radius 3 is 2.72 bits per heavy atom. The fourth-order valence-electron chi connectivity index (χ4n) is 1.56. The highest BCUT2D eigenvalue weighted by Gasteiger charge is 2.16. The lowest BCUT2D eigenvalue weighted by Gasteiger charge is -2.06. The summed E-state index contributed by atoms with van der Waals surface area (Å²) in [5.74, 6) is -1.62. The van der Waals surface area contributed by atoms with E-state index in [1.165, 1.54) is 23.9 Å². The van der Waals surface area contributed by atoms with Crippen molar-refractivity contribution >= 4 is 5.97 Å². The Balaban J connectivity index is 2.49. The molecule has 0 amide bonds. The van der Waals surface area contributed by atoms with Crippen LogP contribution < -0.4 is 4.74 Å². The molecule has 18 heavy (non-hydrogen) atoms. The third-order valence-electron chi connectivity index (χ3n) is 2.48. The van der Waals surface area contributed by atoms with Gasteiger partial charge in [0.25, 0.3) is 0 Å². The number of rotatable bonds is 3. The Labute approximate surface area is 102 Å². The summed E-state index contributed by atoms with van der Waals surface area (Å²) < 4.78 is 19.6. The minimum Gasteiger partial charge on any atom is -0.494 e. The van der Waals surface area contributed by atoms with Crippen LogP contribution in [-0.2, 0) is 0 Å². The smallest absolute Gasteiger partial charge is 0.358 e. The number of hydrogen-bond donors (Lipinski definition) is 1. The highest BCUT2D eigenvalue weighted by Crippen LogP contribution is 2.20. The highest BCUT2D eigenvalue weighted by molar-refractivity contribution is 5.86. The van der Waals surface area contributed by atoms with Gasteiger partial charge in [0, 0.05) is 6.07 Å². The molecule has 0 atom stereocenters. The number of ether oxygens (including phenoxy) is 1. The topological polar surface area (TPSA) is 77.2 Å². The fourth-order valence-corrected chi connectivity index (χ4v) is 1.56. The van der Waals surface area contributed by atoms with Crippen LogP contribution in [0.5, 0.6) is 5.75 Å². The monoisotopic (exact) mass is 251 g/mol. The summed E-state index contributed by atoms with van der Waals surface area (Å²) >= 11 is 0. The summed E-state index contributed by atoms with van der Waals surface area (Å²) in [5, 5.41) is 16.1. The number of nitrogens with zero attached hydrogens (tertiary/aromatic N) is 3. The van der Waals surface area contributed by atoms with Crippen molar-refractivity contribution in [2.75, 3.05) is 7.11 Å². The summed E-state index contributed by atoms with van der Waals surface area (Å²) in [6.45, 7) is 1.55. The minimum atomic E-state index is -1.17. The molecule has 1 aromatic heterocycles. The molecule has 0 fully saturated rings. The number of aromatic nitrogens is 3. The van der Waals surface area contributed by atoms with Gasteiger partial charge in [-0.2, -0.15) is 0 Å². The van der Waals surface area contributed by atoms with Crippen LogP contribution in [-0.4, -0.2) is 33.2 Å². The first kappa shape index (κ1) is 12.0. The third-order valence-corrected chi connectivity index (χ3v) is 2.48. The summed E-state index contributed by atoms with van der Waals surface area (Å²) in [4.78, 5) is 10.8. The van der Waals surface area contributed by atoms with Crippen molar-refractivity contribution in [1.29, 1.82) is 0 Å². The van der Waals surface area contributed by atoms with Crippen molar-refractivity contribution in [3.8, 4) is 11.4 Å². The molecule has 6 nitrogen and oxygen atoms in total. The van der Waals surface area contributed by atoms with Crippen LogP contribution in [0.3, 0.4) is 0 Å². The molecule has 0 saturated heterocycles. The van der Waals surface area contributed by atoms with Crippen LogP contribution in [0.1, 0.15) is 16.2 Å². The Morgan fingerprint density at radius 1 is 1.50 bits per heavy atom. The van der Waals surface area contributed by atoms with Gasteiger partial charge >= 0.3 is 5.97 Å². The standard InChI is InChI=1S/C11H10FN3O3/c1-6-10(11(16)17)13-14-15(6)7-3-4-9(18-2)8(12)5-7/h3-5H,1-2H3,(H,16,17). The molecule has 0 saturated carbocycles. The molecule has 0 aliphatic carbocycles. The van der Waals surface area contributed by atoms with Gasteiger partial charge in [0.15, 0.2) is 17.3 Å². The van der Waals surface area contributed by atoms with Crippen LogP contribution in [0.15, 0.2) is 18.2 Å². The Kier molecular flexibility index (Phi) is 2.97. The van der Waals surface area contributed by atoms with E-state index >= 15 is 0 Å². The number of carboxylic acids is 1. The van der Waals surface area contributed by atoms with Crippen LogP contribution >= 0.6 is 0 Å². The zero-order valence-electron chi connectivity index (χ0n) is 9.72. The maximum atomic E-state index is 13.5. The molecule has 0 bridgehead atoms. The minimum absolute atomic E-state index is 0.106. The molecule has 2 aromatic rings. The van der Waals surface area contributed by atoms with Crippen molar-refractivity contribution in [2.24, 2.45) is 0 Å². The zero-order valence-corrected chi connectivity index (χ0v) is 9.72. The number of benzene rings is 1. The van der Waals surface area contributed by atoms with Crippen molar-refractivity contribution in [2.45, 2.75) is 6.92 Å². The van der Waals surface area contributed by atoms with E-state index < -0.39 is 11.8 Å². The van der Waals surface area contributed by atoms with Crippen LogP contribution in [0, 0.1) is 12.7 Å². The quantitative estimate of drug-likeness (QED) is 0.892. The predicted molar refractivity (Wildman–Crippen MR) is 59.6 cm³/mol. The third kappa shape index (κ3) is 1.90. The van der Waals surface area contributed by atoms with Gasteiger partial charge in [-0.05, 0) is 19.1 Å². The Bertz CT molecular complexity index is 610. The van der Waals surface area contributed by atoms with E-state index in [1.807, 2.05) is 0 Å². The van der Waals surface area contributed by atoms with Gasteiger partial charge in [-0.15, -0.1) is 5.10 Å². The molecular formula is C11H10FN3O3. The maximum absolute atomic E-state index is 13.5. The van der Waals surface area contributed by atoms with E-state index in [0.717, 1.165) is 0 Å². The lowest BCUT2D eigenvalue weighted by atomic mass is 10.2. The van der Waals surface area contributed by atoms with E-state index in [4.69, 9.17) is 9.84 Å².